The largest absolute Gasteiger partial charge is 0.496 e. The van der Waals surface area contributed by atoms with Gasteiger partial charge in [-0.25, -0.2) is 4.98 Å². The first-order valence-corrected chi connectivity index (χ1v) is 12.2. The average Bonchev–Trinajstić information content (AvgIpc) is 3.46. The number of benzene rings is 3. The molecule has 6 rings (SSSR count). The van der Waals surface area contributed by atoms with Crippen LogP contribution in [0, 0.1) is 6.92 Å². The number of ether oxygens (including phenoxy) is 1. The number of methoxy groups -OCH3 is 1. The van der Waals surface area contributed by atoms with E-state index in [2.05, 4.69) is 37.5 Å². The first-order chi connectivity index (χ1) is 18.0. The van der Waals surface area contributed by atoms with Crippen molar-refractivity contribution in [1.82, 2.24) is 14.2 Å². The van der Waals surface area contributed by atoms with E-state index in [0.29, 0.717) is 33.8 Å². The Hall–Kier alpha value is -4.65. The Balaban J connectivity index is 1.60. The second-order valence-corrected chi connectivity index (χ2v) is 9.28. The molecule has 0 saturated carbocycles. The van der Waals surface area contributed by atoms with Crippen molar-refractivity contribution in [3.05, 3.63) is 94.4 Å². The summed E-state index contributed by atoms with van der Waals surface area (Å²) < 4.78 is 15.3. The third kappa shape index (κ3) is 3.62. The van der Waals surface area contributed by atoms with E-state index in [-0.39, 0.29) is 11.6 Å². The first kappa shape index (κ1) is 22.8. The van der Waals surface area contributed by atoms with Gasteiger partial charge >= 0.3 is 0 Å². The highest BCUT2D eigenvalue weighted by Gasteiger charge is 2.19. The Bertz CT molecular complexity index is 1890. The Morgan fingerprint density at radius 3 is 2.51 bits per heavy atom. The standard InChI is InChI=1S/C30H26N4O3/c1-18(2)33-19(3)23(20-10-6-8-13-25(20)33)17-31-34-29(32-24-12-7-5-11-21(24)30(34)35)28-16-22-26(36-4)14-9-15-27(22)37-28/h5-18H,1-4H3. The quantitative estimate of drug-likeness (QED) is 0.257. The van der Waals surface area contributed by atoms with Crippen LogP contribution in [0.25, 0.3) is 44.4 Å². The summed E-state index contributed by atoms with van der Waals surface area (Å²) in [5.74, 6) is 1.44. The highest BCUT2D eigenvalue weighted by Crippen LogP contribution is 2.33. The summed E-state index contributed by atoms with van der Waals surface area (Å²) in [4.78, 5) is 18.5. The van der Waals surface area contributed by atoms with Crippen LogP contribution < -0.4 is 10.3 Å². The van der Waals surface area contributed by atoms with Gasteiger partial charge in [-0.15, -0.1) is 0 Å². The highest BCUT2D eigenvalue weighted by atomic mass is 16.5. The van der Waals surface area contributed by atoms with Crippen LogP contribution in [0.15, 0.2) is 87.1 Å². The van der Waals surface area contributed by atoms with Gasteiger partial charge in [0.15, 0.2) is 5.76 Å². The van der Waals surface area contributed by atoms with Crippen LogP contribution >= 0.6 is 0 Å². The summed E-state index contributed by atoms with van der Waals surface area (Å²) in [6, 6.07) is 23.2. The van der Waals surface area contributed by atoms with Crippen LogP contribution in [-0.4, -0.2) is 27.6 Å². The van der Waals surface area contributed by atoms with Crippen LogP contribution in [0.2, 0.25) is 0 Å². The van der Waals surface area contributed by atoms with E-state index >= 15 is 0 Å². The van der Waals surface area contributed by atoms with Crippen molar-refractivity contribution < 1.29 is 9.15 Å². The fourth-order valence-electron chi connectivity index (χ4n) is 5.07. The maximum Gasteiger partial charge on any atom is 0.282 e. The van der Waals surface area contributed by atoms with E-state index in [1.165, 1.54) is 4.68 Å². The molecule has 0 radical (unpaired) electrons. The molecule has 0 spiro atoms. The van der Waals surface area contributed by atoms with Crippen molar-refractivity contribution in [3.8, 4) is 17.3 Å². The number of para-hydroxylation sites is 2. The maximum atomic E-state index is 13.7. The lowest BCUT2D eigenvalue weighted by Gasteiger charge is -2.12. The summed E-state index contributed by atoms with van der Waals surface area (Å²) >= 11 is 0. The molecule has 0 saturated heterocycles. The van der Waals surface area contributed by atoms with Crippen molar-refractivity contribution in [3.63, 3.8) is 0 Å². The molecule has 0 unspecified atom stereocenters. The number of rotatable bonds is 5. The molecule has 0 aliphatic heterocycles. The molecule has 0 N–H and O–H groups in total. The summed E-state index contributed by atoms with van der Waals surface area (Å²) in [6.45, 7) is 6.40. The van der Waals surface area contributed by atoms with E-state index in [1.807, 2.05) is 54.6 Å². The molecule has 0 bridgehead atoms. The predicted octanol–water partition coefficient (Wildman–Crippen LogP) is 6.54. The highest BCUT2D eigenvalue weighted by molar-refractivity contribution is 6.01. The fourth-order valence-corrected chi connectivity index (χ4v) is 5.07. The van der Waals surface area contributed by atoms with Gasteiger partial charge in [0.25, 0.3) is 5.56 Å². The Labute approximate surface area is 213 Å². The molecule has 3 heterocycles. The fraction of sp³-hybridized carbons (Fsp3) is 0.167. The molecule has 7 heteroatoms. The molecular weight excluding hydrogens is 464 g/mol. The number of fused-ring (bicyclic) bond motifs is 3. The molecular formula is C30H26N4O3. The average molecular weight is 491 g/mol. The molecule has 0 amide bonds. The third-order valence-electron chi connectivity index (χ3n) is 6.74. The number of furan rings is 1. The van der Waals surface area contributed by atoms with Crippen molar-refractivity contribution >= 4 is 39.0 Å². The summed E-state index contributed by atoms with van der Waals surface area (Å²) in [7, 11) is 1.62. The number of hydrogen-bond donors (Lipinski definition) is 0. The molecule has 37 heavy (non-hydrogen) atoms. The van der Waals surface area contributed by atoms with Gasteiger partial charge in [0.2, 0.25) is 5.82 Å². The van der Waals surface area contributed by atoms with Crippen LogP contribution in [0.5, 0.6) is 5.75 Å². The van der Waals surface area contributed by atoms with Gasteiger partial charge in [-0.3, -0.25) is 4.79 Å². The predicted molar refractivity (Wildman–Crippen MR) is 148 cm³/mol. The van der Waals surface area contributed by atoms with Crippen LogP contribution in [0.4, 0.5) is 0 Å². The Morgan fingerprint density at radius 2 is 1.73 bits per heavy atom. The molecule has 0 atom stereocenters. The zero-order chi connectivity index (χ0) is 25.7. The zero-order valence-corrected chi connectivity index (χ0v) is 21.1. The van der Waals surface area contributed by atoms with Crippen molar-refractivity contribution in [2.75, 3.05) is 7.11 Å². The second kappa shape index (κ2) is 8.78. The van der Waals surface area contributed by atoms with Gasteiger partial charge in [0.1, 0.15) is 11.3 Å². The van der Waals surface area contributed by atoms with Gasteiger partial charge in [-0.1, -0.05) is 36.4 Å². The Kier molecular flexibility index (Phi) is 5.41. The lowest BCUT2D eigenvalue weighted by atomic mass is 10.1. The van der Waals surface area contributed by atoms with E-state index in [4.69, 9.17) is 19.2 Å². The summed E-state index contributed by atoms with van der Waals surface area (Å²) in [5.41, 5.74) is 4.12. The molecule has 0 fully saturated rings. The SMILES string of the molecule is COc1cccc2oc(-c3nc4ccccc4c(=O)n3N=Cc3c(C)n(C(C)C)c4ccccc34)cc12. The molecule has 7 nitrogen and oxygen atoms in total. The van der Waals surface area contributed by atoms with Crippen molar-refractivity contribution in [1.29, 1.82) is 0 Å². The van der Waals surface area contributed by atoms with Gasteiger partial charge < -0.3 is 13.7 Å². The van der Waals surface area contributed by atoms with Gasteiger partial charge in [-0.05, 0) is 57.2 Å². The number of hydrogen-bond acceptors (Lipinski definition) is 5. The van der Waals surface area contributed by atoms with Gasteiger partial charge in [0, 0.05) is 28.2 Å². The zero-order valence-electron chi connectivity index (χ0n) is 21.1. The third-order valence-corrected chi connectivity index (χ3v) is 6.74. The lowest BCUT2D eigenvalue weighted by molar-refractivity contribution is 0.419. The lowest BCUT2D eigenvalue weighted by Crippen LogP contribution is -2.20. The molecule has 3 aromatic heterocycles. The minimum Gasteiger partial charge on any atom is -0.496 e. The summed E-state index contributed by atoms with van der Waals surface area (Å²) in [6.07, 6.45) is 1.75. The van der Waals surface area contributed by atoms with Crippen molar-refractivity contribution in [2.45, 2.75) is 26.8 Å². The van der Waals surface area contributed by atoms with Crippen LogP contribution in [-0.2, 0) is 0 Å². The minimum absolute atomic E-state index is 0.269. The number of nitrogens with zero attached hydrogens (tertiary/aromatic N) is 4. The van der Waals surface area contributed by atoms with Crippen molar-refractivity contribution in [2.24, 2.45) is 5.10 Å². The maximum absolute atomic E-state index is 13.7. The van der Waals surface area contributed by atoms with Crippen LogP contribution in [0.1, 0.15) is 31.1 Å². The molecule has 0 aliphatic carbocycles. The van der Waals surface area contributed by atoms with Gasteiger partial charge in [0.05, 0.1) is 29.6 Å². The number of aromatic nitrogens is 3. The topological polar surface area (TPSA) is 74.6 Å². The van der Waals surface area contributed by atoms with E-state index in [0.717, 1.165) is 27.5 Å². The van der Waals surface area contributed by atoms with E-state index in [1.54, 1.807) is 19.4 Å². The van der Waals surface area contributed by atoms with E-state index < -0.39 is 0 Å². The Morgan fingerprint density at radius 1 is 0.973 bits per heavy atom. The van der Waals surface area contributed by atoms with E-state index in [9.17, 15) is 4.79 Å². The first-order valence-electron chi connectivity index (χ1n) is 12.2. The molecule has 6 aromatic rings. The van der Waals surface area contributed by atoms with Gasteiger partial charge in [-0.2, -0.15) is 9.78 Å². The molecule has 0 aliphatic rings. The molecule has 184 valence electrons. The molecule has 3 aromatic carbocycles. The minimum atomic E-state index is -0.269. The normalized spacial score (nSPS) is 12.0. The second-order valence-electron chi connectivity index (χ2n) is 9.28. The van der Waals surface area contributed by atoms with Crippen LogP contribution in [0.3, 0.4) is 0 Å². The monoisotopic (exact) mass is 490 g/mol. The summed E-state index contributed by atoms with van der Waals surface area (Å²) in [5, 5.41) is 7.07. The smallest absolute Gasteiger partial charge is 0.282 e.